The molecule has 0 aliphatic carbocycles. The Morgan fingerprint density at radius 3 is 2.96 bits per heavy atom. The first-order chi connectivity index (χ1) is 12.5. The van der Waals surface area contributed by atoms with Gasteiger partial charge >= 0.3 is 0 Å². The van der Waals surface area contributed by atoms with E-state index < -0.39 is 0 Å². The Morgan fingerprint density at radius 1 is 1.42 bits per heavy atom. The highest BCUT2D eigenvalue weighted by molar-refractivity contribution is 5.83. The van der Waals surface area contributed by atoms with Gasteiger partial charge in [0.1, 0.15) is 5.82 Å². The summed E-state index contributed by atoms with van der Waals surface area (Å²) in [5.74, 6) is -0.383. The molecule has 2 amide bonds. The van der Waals surface area contributed by atoms with Crippen molar-refractivity contribution in [2.24, 2.45) is 5.92 Å². The first kappa shape index (κ1) is 20.4. The molecule has 1 aliphatic heterocycles. The lowest BCUT2D eigenvalue weighted by atomic mass is 9.96. The number of benzene rings is 1. The van der Waals surface area contributed by atoms with Crippen molar-refractivity contribution in [3.8, 4) is 0 Å². The van der Waals surface area contributed by atoms with Crippen molar-refractivity contribution in [2.75, 3.05) is 26.2 Å². The van der Waals surface area contributed by atoms with E-state index >= 15 is 0 Å². The van der Waals surface area contributed by atoms with Gasteiger partial charge in [0.2, 0.25) is 11.8 Å². The molecular weight excluding hydrogens is 335 g/mol. The van der Waals surface area contributed by atoms with Gasteiger partial charge in [-0.3, -0.25) is 9.59 Å². The van der Waals surface area contributed by atoms with Gasteiger partial charge in [-0.05, 0) is 50.8 Å². The van der Waals surface area contributed by atoms with Crippen LogP contribution in [0.2, 0.25) is 0 Å². The number of rotatable bonds is 9. The Balaban J connectivity index is 1.75. The maximum absolute atomic E-state index is 13.3. The number of carbonyl (C=O) groups is 2. The van der Waals surface area contributed by atoms with Gasteiger partial charge in [0.25, 0.3) is 0 Å². The zero-order valence-corrected chi connectivity index (χ0v) is 15.7. The maximum atomic E-state index is 13.3. The number of hydrogen-bond donors (Lipinski definition) is 1. The molecule has 1 aromatic rings. The minimum absolute atomic E-state index is 0.00203. The Morgan fingerprint density at radius 2 is 2.23 bits per heavy atom. The fourth-order valence-electron chi connectivity index (χ4n) is 3.05. The smallest absolute Gasteiger partial charge is 0.224 e. The summed E-state index contributed by atoms with van der Waals surface area (Å²) in [6.07, 6.45) is 2.53. The van der Waals surface area contributed by atoms with E-state index in [9.17, 15) is 14.0 Å². The summed E-state index contributed by atoms with van der Waals surface area (Å²) in [5.41, 5.74) is 0.856. The van der Waals surface area contributed by atoms with Crippen molar-refractivity contribution in [2.45, 2.75) is 45.6 Å². The first-order valence-electron chi connectivity index (χ1n) is 9.37. The first-order valence-corrected chi connectivity index (χ1v) is 9.37. The summed E-state index contributed by atoms with van der Waals surface area (Å²) in [5, 5.41) is 2.94. The van der Waals surface area contributed by atoms with Crippen molar-refractivity contribution in [3.63, 3.8) is 0 Å². The predicted octanol–water partition coefficient (Wildman–Crippen LogP) is 2.54. The van der Waals surface area contributed by atoms with Crippen molar-refractivity contribution in [1.82, 2.24) is 10.2 Å². The van der Waals surface area contributed by atoms with Gasteiger partial charge in [-0.2, -0.15) is 0 Å². The zero-order valence-electron chi connectivity index (χ0n) is 15.7. The highest BCUT2D eigenvalue weighted by Gasteiger charge is 2.29. The standard InChI is InChI=1S/C20H29FN2O3/c1-15(2)26-12-4-10-22-20(25)17-7-8-19(24)23(14-17)11-9-16-5-3-6-18(21)13-16/h3,5-6,13,15,17H,4,7-12,14H2,1-2H3,(H,22,25)/t17-/m0/s1. The van der Waals surface area contributed by atoms with E-state index in [-0.39, 0.29) is 29.7 Å². The maximum Gasteiger partial charge on any atom is 0.224 e. The molecule has 2 rings (SSSR count). The quantitative estimate of drug-likeness (QED) is 0.685. The molecule has 0 unspecified atom stereocenters. The third-order valence-electron chi connectivity index (χ3n) is 4.50. The summed E-state index contributed by atoms with van der Waals surface area (Å²) in [7, 11) is 0. The van der Waals surface area contributed by atoms with Crippen LogP contribution in [-0.2, 0) is 20.7 Å². The second-order valence-electron chi connectivity index (χ2n) is 7.02. The van der Waals surface area contributed by atoms with E-state index in [4.69, 9.17) is 4.74 Å². The molecule has 1 heterocycles. The number of carbonyl (C=O) groups excluding carboxylic acids is 2. The van der Waals surface area contributed by atoms with Crippen LogP contribution in [0.1, 0.15) is 38.7 Å². The molecule has 0 spiro atoms. The molecule has 6 heteroatoms. The van der Waals surface area contributed by atoms with Crippen LogP contribution >= 0.6 is 0 Å². The number of amides is 2. The normalized spacial score (nSPS) is 17.6. The Bertz CT molecular complexity index is 606. The molecule has 0 saturated carbocycles. The molecule has 144 valence electrons. The average Bonchev–Trinajstić information content (AvgIpc) is 2.60. The van der Waals surface area contributed by atoms with Gasteiger partial charge in [0.15, 0.2) is 0 Å². The molecular formula is C20H29FN2O3. The number of likely N-dealkylation sites (tertiary alicyclic amines) is 1. The van der Waals surface area contributed by atoms with Crippen LogP contribution < -0.4 is 5.32 Å². The molecule has 1 saturated heterocycles. The molecule has 1 aliphatic rings. The lowest BCUT2D eigenvalue weighted by molar-refractivity contribution is -0.138. The number of nitrogens with one attached hydrogen (secondary N) is 1. The summed E-state index contributed by atoms with van der Waals surface area (Å²) in [6, 6.07) is 6.41. The van der Waals surface area contributed by atoms with E-state index in [0.29, 0.717) is 45.5 Å². The van der Waals surface area contributed by atoms with Crippen molar-refractivity contribution in [3.05, 3.63) is 35.6 Å². The molecule has 0 radical (unpaired) electrons. The van der Waals surface area contributed by atoms with Crippen LogP contribution in [0.5, 0.6) is 0 Å². The van der Waals surface area contributed by atoms with Crippen LogP contribution in [0, 0.1) is 11.7 Å². The Hall–Kier alpha value is -1.95. The lowest BCUT2D eigenvalue weighted by Gasteiger charge is -2.32. The highest BCUT2D eigenvalue weighted by Crippen LogP contribution is 2.18. The molecule has 0 aromatic heterocycles. The summed E-state index contributed by atoms with van der Waals surface area (Å²) < 4.78 is 18.7. The SMILES string of the molecule is CC(C)OCCCNC(=O)[C@H]1CCC(=O)N(CCc2cccc(F)c2)C1. The predicted molar refractivity (Wildman–Crippen MR) is 98.1 cm³/mol. The zero-order chi connectivity index (χ0) is 18.9. The van der Waals surface area contributed by atoms with Gasteiger partial charge in [-0.1, -0.05) is 12.1 Å². The third-order valence-corrected chi connectivity index (χ3v) is 4.50. The topological polar surface area (TPSA) is 58.6 Å². The van der Waals surface area contributed by atoms with Crippen LogP contribution in [0.3, 0.4) is 0 Å². The van der Waals surface area contributed by atoms with Crippen molar-refractivity contribution >= 4 is 11.8 Å². The molecule has 1 aromatic carbocycles. The molecule has 0 bridgehead atoms. The van der Waals surface area contributed by atoms with Crippen molar-refractivity contribution < 1.29 is 18.7 Å². The third kappa shape index (κ3) is 6.75. The minimum Gasteiger partial charge on any atom is -0.379 e. The monoisotopic (exact) mass is 364 g/mol. The summed E-state index contributed by atoms with van der Waals surface area (Å²) >= 11 is 0. The number of piperidine rings is 1. The van der Waals surface area contributed by atoms with Crippen LogP contribution in [-0.4, -0.2) is 49.1 Å². The van der Waals surface area contributed by atoms with E-state index in [1.54, 1.807) is 11.0 Å². The Labute approximate surface area is 154 Å². The molecule has 5 nitrogen and oxygen atoms in total. The fourth-order valence-corrected chi connectivity index (χ4v) is 3.05. The van der Waals surface area contributed by atoms with Gasteiger partial charge in [-0.15, -0.1) is 0 Å². The largest absolute Gasteiger partial charge is 0.379 e. The van der Waals surface area contributed by atoms with E-state index in [0.717, 1.165) is 12.0 Å². The molecule has 1 fully saturated rings. The number of halogens is 1. The lowest BCUT2D eigenvalue weighted by Crippen LogP contribution is -2.46. The molecule has 1 atom stereocenters. The Kier molecular flexibility index (Phi) is 8.04. The molecule has 26 heavy (non-hydrogen) atoms. The minimum atomic E-state index is -0.272. The fraction of sp³-hybridized carbons (Fsp3) is 0.600. The number of ether oxygens (including phenoxy) is 1. The summed E-state index contributed by atoms with van der Waals surface area (Å²) in [6.45, 7) is 6.11. The van der Waals surface area contributed by atoms with E-state index in [2.05, 4.69) is 5.32 Å². The second kappa shape index (κ2) is 10.3. The van der Waals surface area contributed by atoms with Crippen LogP contribution in [0.4, 0.5) is 4.39 Å². The van der Waals surface area contributed by atoms with Gasteiger partial charge in [0.05, 0.1) is 12.0 Å². The summed E-state index contributed by atoms with van der Waals surface area (Å²) in [4.78, 5) is 26.2. The van der Waals surface area contributed by atoms with Gasteiger partial charge in [-0.25, -0.2) is 4.39 Å². The highest BCUT2D eigenvalue weighted by atomic mass is 19.1. The average molecular weight is 364 g/mol. The van der Waals surface area contributed by atoms with Gasteiger partial charge < -0.3 is 15.0 Å². The van der Waals surface area contributed by atoms with E-state index in [1.165, 1.54) is 12.1 Å². The van der Waals surface area contributed by atoms with Crippen LogP contribution in [0.15, 0.2) is 24.3 Å². The second-order valence-corrected chi connectivity index (χ2v) is 7.02. The van der Waals surface area contributed by atoms with E-state index in [1.807, 2.05) is 19.9 Å². The van der Waals surface area contributed by atoms with Crippen LogP contribution in [0.25, 0.3) is 0 Å². The van der Waals surface area contributed by atoms with Crippen molar-refractivity contribution in [1.29, 1.82) is 0 Å². The number of hydrogen-bond acceptors (Lipinski definition) is 3. The van der Waals surface area contributed by atoms with Gasteiger partial charge in [0, 0.05) is 32.7 Å². The molecule has 1 N–H and O–H groups in total. The number of nitrogens with zero attached hydrogens (tertiary/aromatic N) is 1.